The maximum Gasteiger partial charge on any atom is 0.410 e. The number of ether oxygens (including phenoxy) is 1. The lowest BCUT2D eigenvalue weighted by Crippen LogP contribution is -2.50. The largest absolute Gasteiger partial charge is 0.444 e. The molecule has 140 valence electrons. The summed E-state index contributed by atoms with van der Waals surface area (Å²) in [6.45, 7) is 16.5. The fourth-order valence-corrected chi connectivity index (χ4v) is 4.85. The molecule has 5 heteroatoms. The van der Waals surface area contributed by atoms with Gasteiger partial charge in [-0.25, -0.2) is 4.79 Å². The first kappa shape index (κ1) is 19.9. The summed E-state index contributed by atoms with van der Waals surface area (Å²) in [7, 11) is 0. The lowest BCUT2D eigenvalue weighted by atomic mass is 9.74. The summed E-state index contributed by atoms with van der Waals surface area (Å²) in [5, 5.41) is 0. The van der Waals surface area contributed by atoms with E-state index in [4.69, 9.17) is 4.74 Å². The monoisotopic (exact) mass is 356 g/mol. The number of nitrogens with one attached hydrogen (secondary N) is 1. The molecular weight excluding hydrogens is 320 g/mol. The van der Waals surface area contributed by atoms with Crippen molar-refractivity contribution in [3.63, 3.8) is 0 Å². The zero-order chi connectivity index (χ0) is 18.2. The number of likely N-dealkylation sites (tertiary alicyclic amines) is 1. The minimum Gasteiger partial charge on any atom is -0.444 e. The van der Waals surface area contributed by atoms with Crippen molar-refractivity contribution in [2.45, 2.75) is 90.5 Å². The molecule has 2 aliphatic rings. The first-order valence-electron chi connectivity index (χ1n) is 9.32. The summed E-state index contributed by atoms with van der Waals surface area (Å²) in [5.74, 6) is 0.760. The average Bonchev–Trinajstić information content (AvgIpc) is 2.70. The van der Waals surface area contributed by atoms with E-state index in [1.54, 1.807) is 0 Å². The van der Waals surface area contributed by atoms with E-state index in [1.807, 2.05) is 37.6 Å². The Morgan fingerprint density at radius 3 is 2.25 bits per heavy atom. The molecule has 0 aromatic carbocycles. The van der Waals surface area contributed by atoms with Gasteiger partial charge in [0.25, 0.3) is 0 Å². The normalized spacial score (nSPS) is 27.5. The first-order valence-corrected chi connectivity index (χ1v) is 10.1. The van der Waals surface area contributed by atoms with E-state index >= 15 is 0 Å². The summed E-state index contributed by atoms with van der Waals surface area (Å²) in [4.78, 5) is 14.2. The van der Waals surface area contributed by atoms with Crippen molar-refractivity contribution in [1.29, 1.82) is 0 Å². The van der Waals surface area contributed by atoms with Gasteiger partial charge in [-0.05, 0) is 78.6 Å². The highest BCUT2D eigenvalue weighted by atomic mass is 32.2. The molecule has 2 rings (SSSR count). The molecule has 24 heavy (non-hydrogen) atoms. The van der Waals surface area contributed by atoms with Crippen molar-refractivity contribution in [3.8, 4) is 0 Å². The van der Waals surface area contributed by atoms with Crippen molar-refractivity contribution < 1.29 is 9.53 Å². The Labute approximate surface area is 152 Å². The van der Waals surface area contributed by atoms with Gasteiger partial charge in [-0.15, -0.1) is 0 Å². The maximum absolute atomic E-state index is 12.3. The Morgan fingerprint density at radius 2 is 1.75 bits per heavy atom. The van der Waals surface area contributed by atoms with Gasteiger partial charge in [-0.1, -0.05) is 18.9 Å². The predicted octanol–water partition coefficient (Wildman–Crippen LogP) is 4.84. The van der Waals surface area contributed by atoms with Crippen LogP contribution in [-0.4, -0.2) is 40.5 Å². The SMILES string of the molecule is CC1CC(NSC(C)(C)C)C2(CCN(C(=O)OC(C)(C)C)CC2)C1. The number of amides is 1. The summed E-state index contributed by atoms with van der Waals surface area (Å²) in [6.07, 6.45) is 4.53. The molecule has 1 amide bonds. The molecule has 0 bridgehead atoms. The number of nitrogens with zero attached hydrogens (tertiary/aromatic N) is 1. The van der Waals surface area contributed by atoms with Gasteiger partial charge in [0.1, 0.15) is 5.60 Å². The van der Waals surface area contributed by atoms with Gasteiger partial charge >= 0.3 is 6.09 Å². The number of carbonyl (C=O) groups is 1. The van der Waals surface area contributed by atoms with E-state index in [0.29, 0.717) is 11.5 Å². The van der Waals surface area contributed by atoms with Gasteiger partial charge < -0.3 is 9.64 Å². The average molecular weight is 357 g/mol. The van der Waals surface area contributed by atoms with Crippen LogP contribution < -0.4 is 4.72 Å². The van der Waals surface area contributed by atoms with Crippen LogP contribution in [0.25, 0.3) is 0 Å². The molecule has 1 aliphatic carbocycles. The molecule has 0 aromatic rings. The van der Waals surface area contributed by atoms with E-state index in [-0.39, 0.29) is 10.8 Å². The van der Waals surface area contributed by atoms with Crippen molar-refractivity contribution >= 4 is 18.0 Å². The molecule has 0 aromatic heterocycles. The van der Waals surface area contributed by atoms with Crippen molar-refractivity contribution in [3.05, 3.63) is 0 Å². The van der Waals surface area contributed by atoms with Crippen LogP contribution in [0.3, 0.4) is 0 Å². The van der Waals surface area contributed by atoms with E-state index < -0.39 is 5.60 Å². The second-order valence-corrected chi connectivity index (χ2v) is 11.4. The van der Waals surface area contributed by atoms with E-state index in [0.717, 1.165) is 31.8 Å². The predicted molar refractivity (Wildman–Crippen MR) is 102 cm³/mol. The fourth-order valence-electron chi connectivity index (χ4n) is 4.01. The molecule has 0 radical (unpaired) electrons. The number of hydrogen-bond acceptors (Lipinski definition) is 4. The molecule has 2 unspecified atom stereocenters. The highest BCUT2D eigenvalue weighted by molar-refractivity contribution is 7.98. The third kappa shape index (κ3) is 5.29. The van der Waals surface area contributed by atoms with E-state index in [2.05, 4.69) is 32.4 Å². The minimum absolute atomic E-state index is 0.156. The minimum atomic E-state index is -0.415. The van der Waals surface area contributed by atoms with E-state index in [9.17, 15) is 4.79 Å². The summed E-state index contributed by atoms with van der Waals surface area (Å²) < 4.78 is 9.54. The number of piperidine rings is 1. The highest BCUT2D eigenvalue weighted by Crippen LogP contribution is 2.50. The molecule has 1 N–H and O–H groups in total. The molecule has 1 saturated heterocycles. The molecule has 2 fully saturated rings. The molecule has 2 atom stereocenters. The van der Waals surface area contributed by atoms with Crippen LogP contribution in [0.15, 0.2) is 0 Å². The standard InChI is InChI=1S/C19H36N2O2S/c1-14-12-15(20-24-18(5,6)7)19(13-14)8-10-21(11-9-19)16(22)23-17(2,3)4/h14-15,20H,8-13H2,1-7H3. The lowest BCUT2D eigenvalue weighted by molar-refractivity contribution is 0.00799. The fraction of sp³-hybridized carbons (Fsp3) is 0.947. The number of hydrogen-bond donors (Lipinski definition) is 1. The smallest absolute Gasteiger partial charge is 0.410 e. The summed E-state index contributed by atoms with van der Waals surface area (Å²) in [5.41, 5.74) is -0.0717. The Kier molecular flexibility index (Phi) is 5.86. The molecule has 1 heterocycles. The second kappa shape index (κ2) is 7.06. The van der Waals surface area contributed by atoms with Gasteiger partial charge in [0, 0.05) is 23.9 Å². The Morgan fingerprint density at radius 1 is 1.17 bits per heavy atom. The van der Waals surface area contributed by atoms with Crippen molar-refractivity contribution in [2.24, 2.45) is 11.3 Å². The highest BCUT2D eigenvalue weighted by Gasteiger charge is 2.48. The van der Waals surface area contributed by atoms with Crippen molar-refractivity contribution in [2.75, 3.05) is 13.1 Å². The topological polar surface area (TPSA) is 41.6 Å². The maximum atomic E-state index is 12.3. The zero-order valence-electron chi connectivity index (χ0n) is 16.6. The van der Waals surface area contributed by atoms with Gasteiger partial charge in [-0.3, -0.25) is 4.72 Å². The van der Waals surface area contributed by atoms with Crippen LogP contribution >= 0.6 is 11.9 Å². The number of carbonyl (C=O) groups excluding carboxylic acids is 1. The van der Waals surface area contributed by atoms with Gasteiger partial charge in [-0.2, -0.15) is 0 Å². The van der Waals surface area contributed by atoms with Gasteiger partial charge in [0.05, 0.1) is 0 Å². The zero-order valence-corrected chi connectivity index (χ0v) is 17.4. The number of rotatable bonds is 2. The second-order valence-electron chi connectivity index (χ2n) is 9.76. The first-order chi connectivity index (χ1) is 10.9. The van der Waals surface area contributed by atoms with Crippen LogP contribution in [0.5, 0.6) is 0 Å². The van der Waals surface area contributed by atoms with E-state index in [1.165, 1.54) is 12.8 Å². The Bertz CT molecular complexity index is 445. The Balaban J connectivity index is 1.95. The quantitative estimate of drug-likeness (QED) is 0.719. The van der Waals surface area contributed by atoms with Crippen LogP contribution in [0.1, 0.15) is 74.1 Å². The Hall–Kier alpha value is -0.420. The van der Waals surface area contributed by atoms with Gasteiger partial charge in [0.15, 0.2) is 0 Å². The molecular formula is C19H36N2O2S. The molecule has 1 saturated carbocycles. The molecule has 1 aliphatic heterocycles. The summed E-state index contributed by atoms with van der Waals surface area (Å²) >= 11 is 1.86. The van der Waals surface area contributed by atoms with Crippen LogP contribution in [-0.2, 0) is 4.74 Å². The van der Waals surface area contributed by atoms with Gasteiger partial charge in [0.2, 0.25) is 0 Å². The van der Waals surface area contributed by atoms with Crippen LogP contribution in [0.4, 0.5) is 4.79 Å². The van der Waals surface area contributed by atoms with Crippen molar-refractivity contribution in [1.82, 2.24) is 9.62 Å². The third-order valence-electron chi connectivity index (χ3n) is 5.05. The summed E-state index contributed by atoms with van der Waals surface area (Å²) in [6, 6.07) is 0.553. The third-order valence-corrected chi connectivity index (χ3v) is 6.07. The lowest BCUT2D eigenvalue weighted by Gasteiger charge is -2.44. The van der Waals surface area contributed by atoms with Crippen LogP contribution in [0, 0.1) is 11.3 Å². The van der Waals surface area contributed by atoms with Crippen LogP contribution in [0.2, 0.25) is 0 Å². The molecule has 1 spiro atoms. The molecule has 4 nitrogen and oxygen atoms in total.